The van der Waals surface area contributed by atoms with Gasteiger partial charge in [0.2, 0.25) is 5.95 Å². The fourth-order valence-corrected chi connectivity index (χ4v) is 2.13. The Morgan fingerprint density at radius 1 is 1.29 bits per heavy atom. The first-order valence-corrected chi connectivity index (χ1v) is 7.09. The van der Waals surface area contributed by atoms with Crippen LogP contribution in [0.3, 0.4) is 0 Å². The molecule has 0 unspecified atom stereocenters. The van der Waals surface area contributed by atoms with E-state index in [1.165, 1.54) is 10.5 Å². The van der Waals surface area contributed by atoms with Crippen LogP contribution in [0.4, 0.5) is 5.95 Å². The van der Waals surface area contributed by atoms with Gasteiger partial charge in [0.15, 0.2) is 0 Å². The van der Waals surface area contributed by atoms with Crippen molar-refractivity contribution >= 4 is 11.9 Å². The number of amides is 1. The molecule has 0 atom stereocenters. The average molecular weight is 286 g/mol. The van der Waals surface area contributed by atoms with E-state index in [1.54, 1.807) is 17.9 Å². The zero-order valence-corrected chi connectivity index (χ0v) is 13.3. The van der Waals surface area contributed by atoms with E-state index in [-0.39, 0.29) is 11.3 Å². The number of anilines is 1. The van der Waals surface area contributed by atoms with E-state index in [1.807, 2.05) is 31.3 Å². The van der Waals surface area contributed by atoms with E-state index in [0.29, 0.717) is 11.5 Å². The second kappa shape index (κ2) is 5.68. The zero-order chi connectivity index (χ0) is 15.6. The number of rotatable bonds is 4. The van der Waals surface area contributed by atoms with Gasteiger partial charge in [-0.1, -0.05) is 32.9 Å². The standard InChI is InChI=1S/C16H22N4O/c1-6-16(2,3)13-9-7-12(8-10-13)14(21)20(5)15-18-17-11-19(15)4/h7-11H,6H2,1-5H3. The smallest absolute Gasteiger partial charge is 0.260 e. The second-order valence-electron chi connectivity index (χ2n) is 5.92. The number of aryl methyl sites for hydroxylation is 1. The summed E-state index contributed by atoms with van der Waals surface area (Å²) in [4.78, 5) is 14.0. The van der Waals surface area contributed by atoms with Gasteiger partial charge in [-0.3, -0.25) is 9.69 Å². The van der Waals surface area contributed by atoms with Crippen molar-refractivity contribution in [3.8, 4) is 0 Å². The molecule has 1 amide bonds. The van der Waals surface area contributed by atoms with Gasteiger partial charge in [0, 0.05) is 19.7 Å². The Labute approximate surface area is 125 Å². The second-order valence-corrected chi connectivity index (χ2v) is 5.92. The number of hydrogen-bond acceptors (Lipinski definition) is 3. The number of hydrogen-bond donors (Lipinski definition) is 0. The highest BCUT2D eigenvalue weighted by Crippen LogP contribution is 2.27. The maximum atomic E-state index is 12.5. The average Bonchev–Trinajstić information content (AvgIpc) is 2.92. The molecule has 0 fully saturated rings. The Morgan fingerprint density at radius 2 is 1.90 bits per heavy atom. The molecule has 5 nitrogen and oxygen atoms in total. The highest BCUT2D eigenvalue weighted by Gasteiger charge is 2.20. The first kappa shape index (κ1) is 15.2. The summed E-state index contributed by atoms with van der Waals surface area (Å²) in [6, 6.07) is 7.81. The minimum atomic E-state index is -0.0908. The lowest BCUT2D eigenvalue weighted by Gasteiger charge is -2.23. The fraction of sp³-hybridized carbons (Fsp3) is 0.438. The molecular formula is C16H22N4O. The number of benzene rings is 1. The molecule has 2 aromatic rings. The van der Waals surface area contributed by atoms with Crippen LogP contribution >= 0.6 is 0 Å². The summed E-state index contributed by atoms with van der Waals surface area (Å²) >= 11 is 0. The van der Waals surface area contributed by atoms with Crippen molar-refractivity contribution in [1.29, 1.82) is 0 Å². The maximum absolute atomic E-state index is 12.5. The van der Waals surface area contributed by atoms with Crippen LogP contribution in [0.2, 0.25) is 0 Å². The van der Waals surface area contributed by atoms with Crippen LogP contribution in [0.1, 0.15) is 43.1 Å². The Hall–Kier alpha value is -2.17. The van der Waals surface area contributed by atoms with Gasteiger partial charge < -0.3 is 4.57 Å². The molecule has 0 saturated heterocycles. The molecule has 0 aliphatic rings. The van der Waals surface area contributed by atoms with E-state index in [4.69, 9.17) is 0 Å². The summed E-state index contributed by atoms with van der Waals surface area (Å²) in [5.74, 6) is 0.435. The summed E-state index contributed by atoms with van der Waals surface area (Å²) < 4.78 is 1.71. The summed E-state index contributed by atoms with van der Waals surface area (Å²) in [7, 11) is 3.52. The van der Waals surface area contributed by atoms with Crippen molar-refractivity contribution in [3.63, 3.8) is 0 Å². The van der Waals surface area contributed by atoms with Crippen LogP contribution in [-0.2, 0) is 12.5 Å². The van der Waals surface area contributed by atoms with E-state index < -0.39 is 0 Å². The quantitative estimate of drug-likeness (QED) is 0.868. The van der Waals surface area contributed by atoms with E-state index >= 15 is 0 Å². The molecule has 0 saturated carbocycles. The third-order valence-electron chi connectivity index (χ3n) is 4.09. The fourth-order valence-electron chi connectivity index (χ4n) is 2.13. The normalized spacial score (nSPS) is 11.5. The minimum absolute atomic E-state index is 0.0908. The van der Waals surface area contributed by atoms with Gasteiger partial charge in [0.1, 0.15) is 6.33 Å². The van der Waals surface area contributed by atoms with Crippen LogP contribution in [-0.4, -0.2) is 27.7 Å². The number of carbonyl (C=O) groups excluding carboxylic acids is 1. The predicted molar refractivity (Wildman–Crippen MR) is 83.5 cm³/mol. The molecular weight excluding hydrogens is 264 g/mol. The van der Waals surface area contributed by atoms with Crippen LogP contribution < -0.4 is 4.90 Å². The lowest BCUT2D eigenvalue weighted by molar-refractivity contribution is 0.0991. The van der Waals surface area contributed by atoms with Crippen molar-refractivity contribution in [2.45, 2.75) is 32.6 Å². The molecule has 0 N–H and O–H groups in total. The first-order chi connectivity index (χ1) is 9.86. The highest BCUT2D eigenvalue weighted by atomic mass is 16.2. The summed E-state index contributed by atoms with van der Waals surface area (Å²) in [6.07, 6.45) is 2.63. The van der Waals surface area contributed by atoms with Crippen molar-refractivity contribution in [3.05, 3.63) is 41.7 Å². The molecule has 1 aromatic heterocycles. The van der Waals surface area contributed by atoms with Gasteiger partial charge in [0.25, 0.3) is 5.91 Å². The monoisotopic (exact) mass is 286 g/mol. The molecule has 1 aromatic carbocycles. The van der Waals surface area contributed by atoms with E-state index in [0.717, 1.165) is 6.42 Å². The van der Waals surface area contributed by atoms with Crippen molar-refractivity contribution in [1.82, 2.24) is 14.8 Å². The SMILES string of the molecule is CCC(C)(C)c1ccc(C(=O)N(C)c2nncn2C)cc1. The summed E-state index contributed by atoms with van der Waals surface area (Å²) in [6.45, 7) is 6.58. The largest absolute Gasteiger partial charge is 0.303 e. The Kier molecular flexibility index (Phi) is 4.11. The molecule has 1 heterocycles. The lowest BCUT2D eigenvalue weighted by Crippen LogP contribution is -2.28. The van der Waals surface area contributed by atoms with Crippen molar-refractivity contribution in [2.24, 2.45) is 7.05 Å². The molecule has 0 aliphatic heterocycles. The Bertz CT molecular complexity index is 628. The highest BCUT2D eigenvalue weighted by molar-refractivity contribution is 6.04. The predicted octanol–water partition coefficient (Wildman–Crippen LogP) is 2.78. The molecule has 0 aliphatic carbocycles. The Balaban J connectivity index is 2.23. The van der Waals surface area contributed by atoms with Gasteiger partial charge in [-0.15, -0.1) is 10.2 Å². The topological polar surface area (TPSA) is 51.0 Å². The number of nitrogens with zero attached hydrogens (tertiary/aromatic N) is 4. The van der Waals surface area contributed by atoms with Gasteiger partial charge >= 0.3 is 0 Å². The molecule has 0 bridgehead atoms. The molecule has 112 valence electrons. The van der Waals surface area contributed by atoms with Gasteiger partial charge in [0.05, 0.1) is 0 Å². The van der Waals surface area contributed by atoms with Gasteiger partial charge in [-0.2, -0.15) is 0 Å². The maximum Gasteiger partial charge on any atom is 0.260 e. The Morgan fingerprint density at radius 3 is 2.38 bits per heavy atom. The van der Waals surface area contributed by atoms with Crippen molar-refractivity contribution < 1.29 is 4.79 Å². The van der Waals surface area contributed by atoms with Crippen LogP contribution in [0.5, 0.6) is 0 Å². The summed E-state index contributed by atoms with van der Waals surface area (Å²) in [5.41, 5.74) is 2.01. The summed E-state index contributed by atoms with van der Waals surface area (Å²) in [5, 5.41) is 7.75. The zero-order valence-electron chi connectivity index (χ0n) is 13.3. The molecule has 2 rings (SSSR count). The molecule has 21 heavy (non-hydrogen) atoms. The van der Waals surface area contributed by atoms with Crippen LogP contribution in [0.15, 0.2) is 30.6 Å². The third kappa shape index (κ3) is 2.96. The van der Waals surface area contributed by atoms with Crippen LogP contribution in [0, 0.1) is 0 Å². The molecule has 5 heteroatoms. The van der Waals surface area contributed by atoms with Crippen molar-refractivity contribution in [2.75, 3.05) is 11.9 Å². The number of carbonyl (C=O) groups is 1. The van der Waals surface area contributed by atoms with E-state index in [9.17, 15) is 4.79 Å². The lowest BCUT2D eigenvalue weighted by atomic mass is 9.82. The third-order valence-corrected chi connectivity index (χ3v) is 4.09. The molecule has 0 spiro atoms. The first-order valence-electron chi connectivity index (χ1n) is 7.09. The molecule has 0 radical (unpaired) electrons. The van der Waals surface area contributed by atoms with Gasteiger partial charge in [-0.25, -0.2) is 0 Å². The van der Waals surface area contributed by atoms with Crippen LogP contribution in [0.25, 0.3) is 0 Å². The minimum Gasteiger partial charge on any atom is -0.303 e. The van der Waals surface area contributed by atoms with Gasteiger partial charge in [-0.05, 0) is 29.5 Å². The van der Waals surface area contributed by atoms with E-state index in [2.05, 4.69) is 31.0 Å². The number of aromatic nitrogens is 3.